The Hall–Kier alpha value is -1.69. The van der Waals surface area contributed by atoms with E-state index >= 15 is 0 Å². The molecule has 102 valence electrons. The summed E-state index contributed by atoms with van der Waals surface area (Å²) in [6, 6.07) is 2.82. The Morgan fingerprint density at radius 1 is 1.42 bits per heavy atom. The van der Waals surface area contributed by atoms with Crippen LogP contribution in [0.4, 0.5) is 0 Å². The van der Waals surface area contributed by atoms with E-state index in [1.807, 2.05) is 25.4 Å². The topological polar surface area (TPSA) is 68.8 Å². The first-order chi connectivity index (χ1) is 9.33. The number of aromatic nitrogens is 4. The van der Waals surface area contributed by atoms with Crippen LogP contribution in [0.15, 0.2) is 23.0 Å². The van der Waals surface area contributed by atoms with Gasteiger partial charge in [0.15, 0.2) is 5.82 Å². The van der Waals surface area contributed by atoms with E-state index in [4.69, 9.17) is 4.52 Å². The summed E-state index contributed by atoms with van der Waals surface area (Å²) in [5.41, 5.74) is 0. The van der Waals surface area contributed by atoms with E-state index in [9.17, 15) is 0 Å². The van der Waals surface area contributed by atoms with Crippen LogP contribution < -0.4 is 5.32 Å². The molecule has 2 heterocycles. The third-order valence-electron chi connectivity index (χ3n) is 3.68. The van der Waals surface area contributed by atoms with Crippen molar-refractivity contribution in [1.82, 2.24) is 25.2 Å². The summed E-state index contributed by atoms with van der Waals surface area (Å²) in [4.78, 5) is 4.22. The summed E-state index contributed by atoms with van der Waals surface area (Å²) in [6.45, 7) is 2.46. The van der Waals surface area contributed by atoms with Gasteiger partial charge in [-0.1, -0.05) is 18.0 Å². The van der Waals surface area contributed by atoms with Crippen LogP contribution in [0.2, 0.25) is 0 Å². The molecule has 3 rings (SSSR count). The standard InChI is InChI=1S/C13H19N5O/c1-10-16-13(19-17-10)9-14-11-5-2-3-6-12(11)18-8-4-7-15-18/h4,7-8,11-12,14H,2-3,5-6,9H2,1H3/t11-,12-/m1/s1. The SMILES string of the molecule is Cc1noc(CN[C@@H]2CCCC[C@H]2n2cccn2)n1. The Bertz CT molecular complexity index is 507. The van der Waals surface area contributed by atoms with Gasteiger partial charge in [-0.15, -0.1) is 0 Å². The van der Waals surface area contributed by atoms with Crippen LogP contribution in [0.25, 0.3) is 0 Å². The van der Waals surface area contributed by atoms with Crippen LogP contribution in [-0.4, -0.2) is 26.0 Å². The molecule has 1 aliphatic rings. The van der Waals surface area contributed by atoms with Crippen molar-refractivity contribution in [1.29, 1.82) is 0 Å². The van der Waals surface area contributed by atoms with Gasteiger partial charge in [-0.3, -0.25) is 4.68 Å². The molecule has 19 heavy (non-hydrogen) atoms. The van der Waals surface area contributed by atoms with Crippen LogP contribution in [0.1, 0.15) is 43.4 Å². The lowest BCUT2D eigenvalue weighted by Gasteiger charge is -2.32. The van der Waals surface area contributed by atoms with E-state index in [-0.39, 0.29) is 0 Å². The third-order valence-corrected chi connectivity index (χ3v) is 3.68. The molecule has 2 aromatic rings. The van der Waals surface area contributed by atoms with Gasteiger partial charge in [0.1, 0.15) is 0 Å². The number of hydrogen-bond donors (Lipinski definition) is 1. The van der Waals surface area contributed by atoms with Crippen molar-refractivity contribution in [3.63, 3.8) is 0 Å². The van der Waals surface area contributed by atoms with E-state index in [0.717, 1.165) is 6.42 Å². The summed E-state index contributed by atoms with van der Waals surface area (Å²) in [6.07, 6.45) is 8.75. The van der Waals surface area contributed by atoms with E-state index in [2.05, 4.69) is 25.2 Å². The van der Waals surface area contributed by atoms with Crippen molar-refractivity contribution in [3.8, 4) is 0 Å². The van der Waals surface area contributed by atoms with Crippen molar-refractivity contribution < 1.29 is 4.52 Å². The van der Waals surface area contributed by atoms with Crippen LogP contribution in [0.5, 0.6) is 0 Å². The van der Waals surface area contributed by atoms with Gasteiger partial charge in [-0.25, -0.2) is 0 Å². The maximum absolute atomic E-state index is 5.14. The number of hydrogen-bond acceptors (Lipinski definition) is 5. The Labute approximate surface area is 112 Å². The highest BCUT2D eigenvalue weighted by atomic mass is 16.5. The molecule has 0 saturated heterocycles. The van der Waals surface area contributed by atoms with Crippen molar-refractivity contribution in [3.05, 3.63) is 30.2 Å². The van der Waals surface area contributed by atoms with Crippen LogP contribution in [0, 0.1) is 6.92 Å². The zero-order valence-electron chi connectivity index (χ0n) is 11.1. The lowest BCUT2D eigenvalue weighted by Crippen LogP contribution is -2.39. The monoisotopic (exact) mass is 261 g/mol. The number of aryl methyl sites for hydroxylation is 1. The second-order valence-electron chi connectivity index (χ2n) is 5.06. The molecule has 1 aliphatic carbocycles. The van der Waals surface area contributed by atoms with Gasteiger partial charge in [-0.2, -0.15) is 10.1 Å². The van der Waals surface area contributed by atoms with Crippen molar-refractivity contribution in [2.75, 3.05) is 0 Å². The molecule has 0 aromatic carbocycles. The predicted molar refractivity (Wildman–Crippen MR) is 69.4 cm³/mol. The van der Waals surface area contributed by atoms with Crippen molar-refractivity contribution in [2.24, 2.45) is 0 Å². The van der Waals surface area contributed by atoms with Crippen molar-refractivity contribution in [2.45, 2.75) is 51.2 Å². The zero-order chi connectivity index (χ0) is 13.1. The van der Waals surface area contributed by atoms with Gasteiger partial charge in [0, 0.05) is 18.4 Å². The van der Waals surface area contributed by atoms with E-state index in [1.54, 1.807) is 0 Å². The van der Waals surface area contributed by atoms with Gasteiger partial charge in [0.25, 0.3) is 0 Å². The molecule has 0 aliphatic heterocycles. The Kier molecular flexibility index (Phi) is 3.59. The molecule has 6 nitrogen and oxygen atoms in total. The minimum Gasteiger partial charge on any atom is -0.338 e. The molecule has 0 radical (unpaired) electrons. The van der Waals surface area contributed by atoms with Gasteiger partial charge in [0.05, 0.1) is 12.6 Å². The lowest BCUT2D eigenvalue weighted by molar-refractivity contribution is 0.236. The average molecular weight is 261 g/mol. The molecular weight excluding hydrogens is 242 g/mol. The molecule has 0 spiro atoms. The molecule has 0 bridgehead atoms. The lowest BCUT2D eigenvalue weighted by atomic mass is 9.90. The predicted octanol–water partition coefficient (Wildman–Crippen LogP) is 1.85. The normalized spacial score (nSPS) is 23.6. The summed E-state index contributed by atoms with van der Waals surface area (Å²) in [5.74, 6) is 1.34. The molecule has 1 fully saturated rings. The first-order valence-electron chi connectivity index (χ1n) is 6.84. The van der Waals surface area contributed by atoms with Crippen molar-refractivity contribution >= 4 is 0 Å². The average Bonchev–Trinajstić information content (AvgIpc) is 3.08. The molecule has 0 amide bonds. The largest absolute Gasteiger partial charge is 0.338 e. The molecule has 2 atom stereocenters. The number of rotatable bonds is 4. The highest BCUT2D eigenvalue weighted by Crippen LogP contribution is 2.28. The van der Waals surface area contributed by atoms with Gasteiger partial charge in [-0.05, 0) is 25.8 Å². The van der Waals surface area contributed by atoms with Gasteiger partial charge in [0.2, 0.25) is 5.89 Å². The maximum atomic E-state index is 5.14. The maximum Gasteiger partial charge on any atom is 0.240 e. The van der Waals surface area contributed by atoms with Crippen LogP contribution in [0.3, 0.4) is 0 Å². The second kappa shape index (κ2) is 5.52. The van der Waals surface area contributed by atoms with E-state index < -0.39 is 0 Å². The Morgan fingerprint density at radius 2 is 2.32 bits per heavy atom. The molecule has 1 N–H and O–H groups in total. The quantitative estimate of drug-likeness (QED) is 0.909. The van der Waals surface area contributed by atoms with E-state index in [0.29, 0.717) is 30.3 Å². The highest BCUT2D eigenvalue weighted by Gasteiger charge is 2.26. The third kappa shape index (κ3) is 2.84. The Morgan fingerprint density at radius 3 is 3.05 bits per heavy atom. The summed E-state index contributed by atoms with van der Waals surface area (Å²) in [5, 5.41) is 11.7. The summed E-state index contributed by atoms with van der Waals surface area (Å²) in [7, 11) is 0. The number of nitrogens with zero attached hydrogens (tertiary/aromatic N) is 4. The smallest absolute Gasteiger partial charge is 0.240 e. The van der Waals surface area contributed by atoms with Crippen LogP contribution >= 0.6 is 0 Å². The fraction of sp³-hybridized carbons (Fsp3) is 0.615. The second-order valence-corrected chi connectivity index (χ2v) is 5.06. The molecule has 2 aromatic heterocycles. The van der Waals surface area contributed by atoms with Gasteiger partial charge < -0.3 is 9.84 Å². The van der Waals surface area contributed by atoms with Gasteiger partial charge >= 0.3 is 0 Å². The molecule has 1 saturated carbocycles. The first-order valence-corrected chi connectivity index (χ1v) is 6.84. The van der Waals surface area contributed by atoms with E-state index in [1.165, 1.54) is 19.3 Å². The minimum absolute atomic E-state index is 0.417. The first kappa shape index (κ1) is 12.3. The summed E-state index contributed by atoms with van der Waals surface area (Å²) < 4.78 is 7.20. The Balaban J connectivity index is 1.64. The molecular formula is C13H19N5O. The summed E-state index contributed by atoms with van der Waals surface area (Å²) >= 11 is 0. The molecule has 6 heteroatoms. The minimum atomic E-state index is 0.417. The molecule has 0 unspecified atom stereocenters. The van der Waals surface area contributed by atoms with Crippen LogP contribution in [-0.2, 0) is 6.54 Å². The fourth-order valence-corrected chi connectivity index (χ4v) is 2.77. The zero-order valence-corrected chi connectivity index (χ0v) is 11.1. The number of nitrogens with one attached hydrogen (secondary N) is 1. The fourth-order valence-electron chi connectivity index (χ4n) is 2.77. The highest BCUT2D eigenvalue weighted by molar-refractivity contribution is 4.91.